The first-order valence-corrected chi connectivity index (χ1v) is 13.6. The fourth-order valence-electron chi connectivity index (χ4n) is 4.59. The highest BCUT2D eigenvalue weighted by Gasteiger charge is 2.26. The van der Waals surface area contributed by atoms with E-state index in [2.05, 4.69) is 116 Å². The third-order valence-electron chi connectivity index (χ3n) is 6.36. The molecule has 0 aliphatic heterocycles. The van der Waals surface area contributed by atoms with E-state index in [1.807, 2.05) is 0 Å². The Balaban J connectivity index is 1.65. The van der Waals surface area contributed by atoms with Gasteiger partial charge in [-0.25, -0.2) is 0 Å². The van der Waals surface area contributed by atoms with Gasteiger partial charge in [0.1, 0.15) is 8.07 Å². The van der Waals surface area contributed by atoms with Crippen LogP contribution in [0.15, 0.2) is 91.1 Å². The molecule has 0 bridgehead atoms. The van der Waals surface area contributed by atoms with Crippen LogP contribution in [0.25, 0.3) is 33.1 Å². The number of nitrogens with zero attached hydrogens (tertiary/aromatic N) is 2. The summed E-state index contributed by atoms with van der Waals surface area (Å²) in [5.41, 5.74) is 4.81. The van der Waals surface area contributed by atoms with Gasteiger partial charge in [0.05, 0.1) is 11.2 Å². The minimum Gasteiger partial charge on any atom is -0.340 e. The van der Waals surface area contributed by atoms with Crippen LogP contribution in [-0.2, 0) is 6.54 Å². The second kappa shape index (κ2) is 7.26. The molecular formula is C27H26N2Si. The highest BCUT2D eigenvalue weighted by atomic mass is 28.3. The Morgan fingerprint density at radius 3 is 2.20 bits per heavy atom. The summed E-state index contributed by atoms with van der Waals surface area (Å²) >= 11 is 0. The van der Waals surface area contributed by atoms with E-state index in [0.717, 1.165) is 12.2 Å². The van der Waals surface area contributed by atoms with E-state index in [1.54, 1.807) is 0 Å². The van der Waals surface area contributed by atoms with Gasteiger partial charge in [-0.05, 0) is 24.2 Å². The van der Waals surface area contributed by atoms with E-state index in [1.165, 1.54) is 37.7 Å². The molecule has 5 rings (SSSR count). The van der Waals surface area contributed by atoms with Gasteiger partial charge in [0, 0.05) is 34.6 Å². The Labute approximate surface area is 178 Å². The Kier molecular flexibility index (Phi) is 4.56. The summed E-state index contributed by atoms with van der Waals surface area (Å²) in [6.07, 6.45) is 2.10. The normalized spacial score (nSPS) is 12.0. The van der Waals surface area contributed by atoms with Crippen LogP contribution >= 0.6 is 0 Å². The number of benzene rings is 3. The molecule has 0 aliphatic carbocycles. The first-order valence-electron chi connectivity index (χ1n) is 10.6. The number of hydrogen-bond acceptors (Lipinski definition) is 1. The van der Waals surface area contributed by atoms with Crippen LogP contribution in [0, 0.1) is 0 Å². The van der Waals surface area contributed by atoms with Crippen molar-refractivity contribution in [2.45, 2.75) is 26.6 Å². The molecule has 5 aromatic rings. The van der Waals surface area contributed by atoms with Crippen LogP contribution in [0.2, 0.25) is 13.1 Å². The lowest BCUT2D eigenvalue weighted by Crippen LogP contribution is -2.52. The monoisotopic (exact) mass is 406 g/mol. The van der Waals surface area contributed by atoms with Crippen molar-refractivity contribution < 1.29 is 0 Å². The number of para-hydroxylation sites is 2. The molecule has 0 fully saturated rings. The van der Waals surface area contributed by atoms with Gasteiger partial charge in [0.2, 0.25) is 0 Å². The van der Waals surface area contributed by atoms with Gasteiger partial charge in [-0.3, -0.25) is 4.98 Å². The van der Waals surface area contributed by atoms with E-state index in [-0.39, 0.29) is 0 Å². The van der Waals surface area contributed by atoms with Gasteiger partial charge in [-0.2, -0.15) is 0 Å². The second-order valence-electron chi connectivity index (χ2n) is 8.39. The zero-order chi connectivity index (χ0) is 20.7. The zero-order valence-corrected chi connectivity index (χ0v) is 18.8. The maximum absolute atomic E-state index is 4.96. The lowest BCUT2D eigenvalue weighted by molar-refractivity contribution is 0.827. The molecular weight excluding hydrogens is 380 g/mol. The highest BCUT2D eigenvalue weighted by Crippen LogP contribution is 2.35. The van der Waals surface area contributed by atoms with Crippen molar-refractivity contribution in [1.82, 2.24) is 9.55 Å². The highest BCUT2D eigenvalue weighted by molar-refractivity contribution is 7.00. The molecule has 0 saturated carbocycles. The van der Waals surface area contributed by atoms with Crippen LogP contribution < -0.4 is 10.4 Å². The number of pyridine rings is 1. The first kappa shape index (κ1) is 18.8. The van der Waals surface area contributed by atoms with Crippen molar-refractivity contribution in [2.75, 3.05) is 0 Å². The molecule has 3 aromatic carbocycles. The Bertz CT molecular complexity index is 1330. The molecule has 2 nitrogen and oxygen atoms in total. The van der Waals surface area contributed by atoms with E-state index >= 15 is 0 Å². The summed E-state index contributed by atoms with van der Waals surface area (Å²) in [5, 5.41) is 5.41. The molecule has 0 spiro atoms. The summed E-state index contributed by atoms with van der Waals surface area (Å²) in [5.74, 6) is 0. The molecule has 2 aromatic heterocycles. The van der Waals surface area contributed by atoms with Gasteiger partial charge >= 0.3 is 0 Å². The molecule has 0 aliphatic rings. The van der Waals surface area contributed by atoms with Gasteiger partial charge in [-0.1, -0.05) is 91.1 Å². The standard InChI is InChI=1S/C27H26N2Si/c1-4-29-26-16-9-8-13-22(26)23-14-10-15-24(27(23)29)25-18-17-21(19-28-25)30(2,3)20-11-6-5-7-12-20/h5-19H,4H2,1-3H3. The van der Waals surface area contributed by atoms with Crippen molar-refractivity contribution in [1.29, 1.82) is 0 Å². The van der Waals surface area contributed by atoms with E-state index in [0.29, 0.717) is 0 Å². The van der Waals surface area contributed by atoms with Crippen molar-refractivity contribution in [3.63, 3.8) is 0 Å². The summed E-state index contributed by atoms with van der Waals surface area (Å²) in [4.78, 5) is 4.96. The number of fused-ring (bicyclic) bond motifs is 3. The van der Waals surface area contributed by atoms with E-state index in [9.17, 15) is 0 Å². The Morgan fingerprint density at radius 1 is 0.733 bits per heavy atom. The summed E-state index contributed by atoms with van der Waals surface area (Å²) < 4.78 is 2.41. The molecule has 0 atom stereocenters. The predicted molar refractivity (Wildman–Crippen MR) is 132 cm³/mol. The molecule has 3 heteroatoms. The average Bonchev–Trinajstić information content (AvgIpc) is 3.13. The van der Waals surface area contributed by atoms with Crippen LogP contribution in [0.4, 0.5) is 0 Å². The lowest BCUT2D eigenvalue weighted by atomic mass is 10.1. The smallest absolute Gasteiger partial charge is 0.114 e. The number of rotatable bonds is 4. The third kappa shape index (κ3) is 2.89. The Hall–Kier alpha value is -3.17. The van der Waals surface area contributed by atoms with Gasteiger partial charge in [0.25, 0.3) is 0 Å². The van der Waals surface area contributed by atoms with E-state index in [4.69, 9.17) is 4.98 Å². The SMILES string of the molecule is CCn1c2ccccc2c2cccc(-c3ccc([Si](C)(C)c4ccccc4)cn3)c21. The molecule has 0 N–H and O–H groups in total. The molecule has 2 heterocycles. The van der Waals surface area contributed by atoms with Crippen LogP contribution in [0.5, 0.6) is 0 Å². The largest absolute Gasteiger partial charge is 0.340 e. The Morgan fingerprint density at radius 2 is 1.47 bits per heavy atom. The van der Waals surface area contributed by atoms with Crippen molar-refractivity contribution in [2.24, 2.45) is 0 Å². The maximum atomic E-state index is 4.96. The van der Waals surface area contributed by atoms with Gasteiger partial charge in [0.15, 0.2) is 0 Å². The summed E-state index contributed by atoms with van der Waals surface area (Å²) in [6, 6.07) is 30.6. The topological polar surface area (TPSA) is 17.8 Å². The molecule has 148 valence electrons. The van der Waals surface area contributed by atoms with Gasteiger partial charge < -0.3 is 4.57 Å². The molecule has 0 saturated heterocycles. The van der Waals surface area contributed by atoms with Crippen LogP contribution in [0.3, 0.4) is 0 Å². The fraction of sp³-hybridized carbons (Fsp3) is 0.148. The quantitative estimate of drug-likeness (QED) is 0.350. The van der Waals surface area contributed by atoms with Crippen molar-refractivity contribution in [3.8, 4) is 11.3 Å². The van der Waals surface area contributed by atoms with E-state index < -0.39 is 8.07 Å². The van der Waals surface area contributed by atoms with Gasteiger partial charge in [-0.15, -0.1) is 0 Å². The second-order valence-corrected chi connectivity index (χ2v) is 12.8. The predicted octanol–water partition coefficient (Wildman–Crippen LogP) is 5.70. The molecule has 0 radical (unpaired) electrons. The molecule has 30 heavy (non-hydrogen) atoms. The maximum Gasteiger partial charge on any atom is 0.114 e. The average molecular weight is 407 g/mol. The summed E-state index contributed by atoms with van der Waals surface area (Å²) in [7, 11) is -1.74. The minimum atomic E-state index is -1.74. The van der Waals surface area contributed by atoms with Crippen LogP contribution in [0.1, 0.15) is 6.92 Å². The van der Waals surface area contributed by atoms with Crippen molar-refractivity contribution in [3.05, 3.63) is 91.1 Å². The number of aryl methyl sites for hydroxylation is 1. The fourth-order valence-corrected chi connectivity index (χ4v) is 6.83. The van der Waals surface area contributed by atoms with Crippen molar-refractivity contribution >= 4 is 40.3 Å². The number of aromatic nitrogens is 2. The lowest BCUT2D eigenvalue weighted by Gasteiger charge is -2.23. The summed E-state index contributed by atoms with van der Waals surface area (Å²) in [6.45, 7) is 7.95. The number of hydrogen-bond donors (Lipinski definition) is 0. The van der Waals surface area contributed by atoms with Crippen LogP contribution in [-0.4, -0.2) is 17.6 Å². The minimum absolute atomic E-state index is 0.938. The third-order valence-corrected chi connectivity index (χ3v) is 9.88. The first-order chi connectivity index (χ1) is 14.6. The molecule has 0 unspecified atom stereocenters. The zero-order valence-electron chi connectivity index (χ0n) is 17.8. The molecule has 0 amide bonds.